The fourth-order valence-electron chi connectivity index (χ4n) is 4.27. The Kier molecular flexibility index (Phi) is 8.92. The van der Waals surface area contributed by atoms with Crippen molar-refractivity contribution in [2.75, 3.05) is 6.61 Å². The lowest BCUT2D eigenvalue weighted by molar-refractivity contribution is -0.153. The molecule has 1 heterocycles. The van der Waals surface area contributed by atoms with Gasteiger partial charge in [0.1, 0.15) is 11.6 Å². The molecule has 0 amide bonds. The molecule has 0 N–H and O–H groups in total. The van der Waals surface area contributed by atoms with Gasteiger partial charge < -0.3 is 4.74 Å². The van der Waals surface area contributed by atoms with E-state index in [1.807, 2.05) is 30.6 Å². The lowest BCUT2D eigenvalue weighted by atomic mass is 9.98. The molecule has 0 aliphatic rings. The molecule has 0 bridgehead atoms. The van der Waals surface area contributed by atoms with Gasteiger partial charge in [-0.1, -0.05) is 49.7 Å². The van der Waals surface area contributed by atoms with E-state index < -0.39 is 24.3 Å². The molecule has 3 aromatic carbocycles. The van der Waals surface area contributed by atoms with Crippen molar-refractivity contribution >= 4 is 10.8 Å². The van der Waals surface area contributed by atoms with Crippen LogP contribution in [-0.4, -0.2) is 22.8 Å². The number of fused-ring (bicyclic) bond motifs is 1. The first kappa shape index (κ1) is 27.5. The monoisotopic (exact) mass is 528 g/mol. The average Bonchev–Trinajstić information content (AvgIpc) is 2.90. The lowest BCUT2D eigenvalue weighted by Gasteiger charge is -2.11. The van der Waals surface area contributed by atoms with E-state index in [0.29, 0.717) is 35.8 Å². The fraction of sp³-hybridized carbons (Fsp3) is 0.333. The lowest BCUT2D eigenvalue weighted by Crippen LogP contribution is -2.19. The van der Waals surface area contributed by atoms with Crippen LogP contribution in [0.15, 0.2) is 60.9 Å². The normalized spacial score (nSPS) is 11.7. The summed E-state index contributed by atoms with van der Waals surface area (Å²) in [5.41, 5.74) is 3.23. The molecule has 0 fully saturated rings. The fourth-order valence-corrected chi connectivity index (χ4v) is 4.27. The van der Waals surface area contributed by atoms with Crippen LogP contribution in [0.5, 0.6) is 5.75 Å². The summed E-state index contributed by atoms with van der Waals surface area (Å²) in [7, 11) is 0. The number of rotatable bonds is 11. The van der Waals surface area contributed by atoms with Crippen molar-refractivity contribution in [1.29, 1.82) is 0 Å². The molecule has 1 aromatic heterocycles. The zero-order chi connectivity index (χ0) is 27.1. The molecule has 0 atom stereocenters. The number of hydrogen-bond acceptors (Lipinski definition) is 3. The van der Waals surface area contributed by atoms with Crippen LogP contribution in [0.1, 0.15) is 47.8 Å². The molecule has 8 heteroatoms. The Bertz CT molecular complexity index is 1370. The molecule has 200 valence electrons. The van der Waals surface area contributed by atoms with E-state index in [9.17, 15) is 17.6 Å². The zero-order valence-corrected chi connectivity index (χ0v) is 21.1. The van der Waals surface area contributed by atoms with Crippen molar-refractivity contribution in [3.8, 4) is 5.75 Å². The Morgan fingerprint density at radius 1 is 0.763 bits per heavy atom. The molecule has 0 unspecified atom stereocenters. The van der Waals surface area contributed by atoms with Gasteiger partial charge in [-0.15, -0.1) is 0 Å². The summed E-state index contributed by atoms with van der Waals surface area (Å²) in [5, 5.41) is 1.29. The quantitative estimate of drug-likeness (QED) is 0.187. The standard InChI is InChI=1S/C30H29F5N2O/c1-2-3-4-22-17-36-28(37-18-22)14-8-20-6-12-25-24(15-20)11-10-23(29(25)32)9-5-21-7-13-27(26(31)16-21)38-19-30(33,34)35/h6-7,10-13,15-18H,2-5,8-9,14,19H2,1H3. The minimum Gasteiger partial charge on any atom is -0.481 e. The van der Waals surface area contributed by atoms with Crippen LogP contribution in [0.25, 0.3) is 10.8 Å². The van der Waals surface area contributed by atoms with Crippen LogP contribution in [0.3, 0.4) is 0 Å². The summed E-state index contributed by atoms with van der Waals surface area (Å²) in [4.78, 5) is 8.93. The third-order valence-electron chi connectivity index (χ3n) is 6.38. The largest absolute Gasteiger partial charge is 0.481 e. The highest BCUT2D eigenvalue weighted by Crippen LogP contribution is 2.26. The van der Waals surface area contributed by atoms with Crippen LogP contribution < -0.4 is 4.74 Å². The minimum absolute atomic E-state index is 0.317. The maximum atomic E-state index is 15.2. The number of aryl methyl sites for hydroxylation is 5. The number of unbranched alkanes of at least 4 members (excludes halogenated alkanes) is 1. The highest BCUT2D eigenvalue weighted by atomic mass is 19.4. The number of alkyl halides is 3. The first-order chi connectivity index (χ1) is 18.2. The van der Waals surface area contributed by atoms with Crippen molar-refractivity contribution < 1.29 is 26.7 Å². The molecule has 38 heavy (non-hydrogen) atoms. The number of halogens is 5. The molecule has 0 saturated heterocycles. The van der Waals surface area contributed by atoms with Gasteiger partial charge in [0.2, 0.25) is 0 Å². The van der Waals surface area contributed by atoms with E-state index in [4.69, 9.17) is 0 Å². The second-order valence-electron chi connectivity index (χ2n) is 9.37. The summed E-state index contributed by atoms with van der Waals surface area (Å²) in [6, 6.07) is 13.0. The Labute approximate surface area is 218 Å². The highest BCUT2D eigenvalue weighted by Gasteiger charge is 2.29. The molecular weight excluding hydrogens is 499 g/mol. The van der Waals surface area contributed by atoms with Crippen molar-refractivity contribution in [3.63, 3.8) is 0 Å². The average molecular weight is 529 g/mol. The van der Waals surface area contributed by atoms with Crippen LogP contribution in [0.4, 0.5) is 22.0 Å². The number of hydrogen-bond donors (Lipinski definition) is 0. The van der Waals surface area contributed by atoms with E-state index in [1.165, 1.54) is 12.1 Å². The van der Waals surface area contributed by atoms with E-state index in [2.05, 4.69) is 21.6 Å². The second-order valence-corrected chi connectivity index (χ2v) is 9.37. The summed E-state index contributed by atoms with van der Waals surface area (Å²) < 4.78 is 70.7. The van der Waals surface area contributed by atoms with Gasteiger partial charge in [-0.25, -0.2) is 18.7 Å². The van der Waals surface area contributed by atoms with Gasteiger partial charge in [-0.05, 0) is 71.9 Å². The molecule has 4 rings (SSSR count). The highest BCUT2D eigenvalue weighted by molar-refractivity contribution is 5.84. The predicted octanol–water partition coefficient (Wildman–Crippen LogP) is 7.76. The van der Waals surface area contributed by atoms with Gasteiger partial charge in [0, 0.05) is 24.2 Å². The second kappa shape index (κ2) is 12.3. The molecular formula is C30H29F5N2O. The Balaban J connectivity index is 1.37. The van der Waals surface area contributed by atoms with Gasteiger partial charge in [0.15, 0.2) is 18.2 Å². The van der Waals surface area contributed by atoms with E-state index in [0.717, 1.165) is 54.1 Å². The maximum absolute atomic E-state index is 15.2. The molecule has 0 saturated carbocycles. The summed E-state index contributed by atoms with van der Waals surface area (Å²) in [5.74, 6) is -0.890. The van der Waals surface area contributed by atoms with Gasteiger partial charge in [0.05, 0.1) is 0 Å². The molecule has 4 aromatic rings. The SMILES string of the molecule is CCCCc1cnc(CCc2ccc3c(F)c(CCc4ccc(OCC(F)(F)F)c(F)c4)ccc3c2)nc1. The first-order valence-electron chi connectivity index (χ1n) is 12.7. The molecule has 0 aliphatic heterocycles. The number of nitrogens with zero attached hydrogens (tertiary/aromatic N) is 2. The van der Waals surface area contributed by atoms with Crippen LogP contribution >= 0.6 is 0 Å². The van der Waals surface area contributed by atoms with E-state index in [-0.39, 0.29) is 5.82 Å². The van der Waals surface area contributed by atoms with Gasteiger partial charge in [0.25, 0.3) is 0 Å². The topological polar surface area (TPSA) is 35.0 Å². The third kappa shape index (κ3) is 7.49. The Morgan fingerprint density at radius 2 is 1.47 bits per heavy atom. The maximum Gasteiger partial charge on any atom is 0.422 e. The summed E-state index contributed by atoms with van der Waals surface area (Å²) in [6.07, 6.45) is 4.54. The predicted molar refractivity (Wildman–Crippen MR) is 137 cm³/mol. The zero-order valence-electron chi connectivity index (χ0n) is 21.1. The Hall–Kier alpha value is -3.55. The first-order valence-corrected chi connectivity index (χ1v) is 12.7. The Morgan fingerprint density at radius 3 is 2.18 bits per heavy atom. The van der Waals surface area contributed by atoms with Crippen LogP contribution in [0.2, 0.25) is 0 Å². The van der Waals surface area contributed by atoms with Gasteiger partial charge in [-0.2, -0.15) is 13.2 Å². The van der Waals surface area contributed by atoms with Crippen molar-refractivity contribution in [2.24, 2.45) is 0 Å². The smallest absolute Gasteiger partial charge is 0.422 e. The minimum atomic E-state index is -4.55. The molecule has 0 spiro atoms. The summed E-state index contributed by atoms with van der Waals surface area (Å²) in [6.45, 7) is 0.590. The van der Waals surface area contributed by atoms with Gasteiger partial charge >= 0.3 is 6.18 Å². The van der Waals surface area contributed by atoms with E-state index in [1.54, 1.807) is 12.1 Å². The van der Waals surface area contributed by atoms with Crippen molar-refractivity contribution in [2.45, 2.75) is 58.0 Å². The van der Waals surface area contributed by atoms with Crippen molar-refractivity contribution in [1.82, 2.24) is 9.97 Å². The van der Waals surface area contributed by atoms with Crippen LogP contribution in [0, 0.1) is 11.6 Å². The summed E-state index contributed by atoms with van der Waals surface area (Å²) >= 11 is 0. The van der Waals surface area contributed by atoms with Gasteiger partial charge in [-0.3, -0.25) is 0 Å². The third-order valence-corrected chi connectivity index (χ3v) is 6.38. The number of benzene rings is 3. The number of ether oxygens (including phenoxy) is 1. The number of aromatic nitrogens is 2. The molecule has 0 aliphatic carbocycles. The molecule has 0 radical (unpaired) electrons. The van der Waals surface area contributed by atoms with Crippen molar-refractivity contribution in [3.05, 3.63) is 101 Å². The van der Waals surface area contributed by atoms with E-state index >= 15 is 4.39 Å². The van der Waals surface area contributed by atoms with Crippen LogP contribution in [-0.2, 0) is 32.1 Å². The molecule has 3 nitrogen and oxygen atoms in total.